The Morgan fingerprint density at radius 1 is 1.12 bits per heavy atom. The molecule has 1 aromatic carbocycles. The van der Waals surface area contributed by atoms with Crippen molar-refractivity contribution in [1.82, 2.24) is 14.5 Å². The predicted molar refractivity (Wildman–Crippen MR) is 91.5 cm³/mol. The summed E-state index contributed by atoms with van der Waals surface area (Å²) in [5.74, 6) is 0. The summed E-state index contributed by atoms with van der Waals surface area (Å²) in [5, 5.41) is 8.99. The molecule has 0 saturated carbocycles. The minimum Gasteiger partial charge on any atom is -0.378 e. The quantitative estimate of drug-likeness (QED) is 0.810. The summed E-state index contributed by atoms with van der Waals surface area (Å²) in [4.78, 5) is 8.71. The molecule has 2 fully saturated rings. The van der Waals surface area contributed by atoms with E-state index in [-0.39, 0.29) is 0 Å². The Morgan fingerprint density at radius 3 is 2.62 bits per heavy atom. The molecule has 6 nitrogen and oxygen atoms in total. The summed E-state index contributed by atoms with van der Waals surface area (Å²) >= 11 is 0. The van der Waals surface area contributed by atoms with Crippen molar-refractivity contribution in [2.75, 3.05) is 44.3 Å². The van der Waals surface area contributed by atoms with Gasteiger partial charge in [-0.2, -0.15) is 5.26 Å². The van der Waals surface area contributed by atoms with Gasteiger partial charge in [0.2, 0.25) is 0 Å². The van der Waals surface area contributed by atoms with Gasteiger partial charge in [-0.3, -0.25) is 0 Å². The fourth-order valence-corrected chi connectivity index (χ4v) is 3.43. The van der Waals surface area contributed by atoms with Crippen LogP contribution < -0.4 is 4.90 Å². The van der Waals surface area contributed by atoms with Crippen LogP contribution in [-0.4, -0.2) is 53.8 Å². The van der Waals surface area contributed by atoms with E-state index in [4.69, 9.17) is 10.00 Å². The maximum Gasteiger partial charge on any atom is 0.179 e. The van der Waals surface area contributed by atoms with E-state index >= 15 is 0 Å². The molecule has 1 unspecified atom stereocenters. The van der Waals surface area contributed by atoms with Crippen molar-refractivity contribution in [3.05, 3.63) is 36.8 Å². The van der Waals surface area contributed by atoms with Crippen molar-refractivity contribution in [3.8, 4) is 17.5 Å². The zero-order chi connectivity index (χ0) is 16.4. The van der Waals surface area contributed by atoms with E-state index in [2.05, 4.69) is 51.1 Å². The van der Waals surface area contributed by atoms with Crippen molar-refractivity contribution < 1.29 is 4.74 Å². The lowest BCUT2D eigenvalue weighted by molar-refractivity contribution is 0.122. The summed E-state index contributed by atoms with van der Waals surface area (Å²) < 4.78 is 7.54. The Balaban J connectivity index is 1.47. The number of hydrogen-bond donors (Lipinski definition) is 0. The van der Waals surface area contributed by atoms with Crippen LogP contribution in [0.15, 0.2) is 36.8 Å². The second-order valence-electron chi connectivity index (χ2n) is 6.34. The molecule has 0 N–H and O–H groups in total. The van der Waals surface area contributed by atoms with Gasteiger partial charge in [0.1, 0.15) is 0 Å². The molecular formula is C18H21N5O. The second-order valence-corrected chi connectivity index (χ2v) is 6.34. The summed E-state index contributed by atoms with van der Waals surface area (Å²) in [6.45, 7) is 5.11. The summed E-state index contributed by atoms with van der Waals surface area (Å²) in [6.07, 6.45) is 7.20. The van der Waals surface area contributed by atoms with Crippen LogP contribution >= 0.6 is 0 Å². The molecular weight excluding hydrogens is 302 g/mol. The molecule has 0 aliphatic carbocycles. The first-order chi connectivity index (χ1) is 11.8. The van der Waals surface area contributed by atoms with Gasteiger partial charge < -0.3 is 19.1 Å². The largest absolute Gasteiger partial charge is 0.378 e. The van der Waals surface area contributed by atoms with Crippen LogP contribution in [0.25, 0.3) is 11.3 Å². The Hall–Kier alpha value is -2.52. The molecule has 0 amide bonds. The number of anilines is 1. The van der Waals surface area contributed by atoms with Crippen molar-refractivity contribution in [2.24, 2.45) is 0 Å². The van der Waals surface area contributed by atoms with Crippen LogP contribution in [0.1, 0.15) is 12.5 Å². The topological polar surface area (TPSA) is 57.3 Å². The highest BCUT2D eigenvalue weighted by Crippen LogP contribution is 2.26. The van der Waals surface area contributed by atoms with E-state index in [1.54, 1.807) is 0 Å². The molecule has 124 valence electrons. The fourth-order valence-electron chi connectivity index (χ4n) is 3.43. The Labute approximate surface area is 141 Å². The van der Waals surface area contributed by atoms with E-state index in [0.717, 1.165) is 57.1 Å². The van der Waals surface area contributed by atoms with Gasteiger partial charge in [0, 0.05) is 43.6 Å². The van der Waals surface area contributed by atoms with Gasteiger partial charge in [-0.1, -0.05) is 12.1 Å². The van der Waals surface area contributed by atoms with E-state index in [9.17, 15) is 0 Å². The van der Waals surface area contributed by atoms with Gasteiger partial charge in [-0.15, -0.1) is 0 Å². The Kier molecular flexibility index (Phi) is 4.09. The highest BCUT2D eigenvalue weighted by Gasteiger charge is 2.23. The minimum atomic E-state index is 0.346. The molecule has 1 aromatic heterocycles. The maximum atomic E-state index is 8.99. The van der Waals surface area contributed by atoms with Gasteiger partial charge in [-0.25, -0.2) is 4.98 Å². The number of benzene rings is 1. The minimum absolute atomic E-state index is 0.346. The first-order valence-electron chi connectivity index (χ1n) is 8.45. The first-order valence-corrected chi connectivity index (χ1v) is 8.45. The Morgan fingerprint density at radius 2 is 1.92 bits per heavy atom. The molecule has 2 aromatic rings. The van der Waals surface area contributed by atoms with Crippen LogP contribution in [0.2, 0.25) is 0 Å². The lowest BCUT2D eigenvalue weighted by Crippen LogP contribution is -2.36. The molecule has 0 radical (unpaired) electrons. The number of morpholine rings is 1. The number of nitrogens with zero attached hydrogens (tertiary/aromatic N) is 5. The third-order valence-electron chi connectivity index (χ3n) is 4.87. The lowest BCUT2D eigenvalue weighted by atomic mass is 10.1. The van der Waals surface area contributed by atoms with Crippen LogP contribution in [0.5, 0.6) is 0 Å². The highest BCUT2D eigenvalue weighted by molar-refractivity contribution is 5.62. The standard InChI is InChI=1S/C18H21N5O/c19-13-21-6-5-17(11-21)23-12-18(20-14-23)15-1-3-16(4-2-15)22-7-9-24-10-8-22/h1-4,12,14,17H,5-11H2. The third kappa shape index (κ3) is 2.95. The normalized spacial score (nSPS) is 21.0. The molecule has 4 rings (SSSR count). The average Bonchev–Trinajstić information content (AvgIpc) is 3.32. The fraction of sp³-hybridized carbons (Fsp3) is 0.444. The molecule has 1 atom stereocenters. The molecule has 2 aliphatic heterocycles. The van der Waals surface area contributed by atoms with E-state index in [1.165, 1.54) is 5.69 Å². The van der Waals surface area contributed by atoms with Crippen molar-refractivity contribution in [1.29, 1.82) is 5.26 Å². The van der Waals surface area contributed by atoms with Gasteiger partial charge >= 0.3 is 0 Å². The number of hydrogen-bond acceptors (Lipinski definition) is 5. The lowest BCUT2D eigenvalue weighted by Gasteiger charge is -2.28. The number of ether oxygens (including phenoxy) is 1. The molecule has 0 bridgehead atoms. The van der Waals surface area contributed by atoms with Crippen molar-refractivity contribution >= 4 is 5.69 Å². The highest BCUT2D eigenvalue weighted by atomic mass is 16.5. The first kappa shape index (κ1) is 15.0. The van der Waals surface area contributed by atoms with Crippen molar-refractivity contribution in [3.63, 3.8) is 0 Å². The number of nitriles is 1. The molecule has 24 heavy (non-hydrogen) atoms. The summed E-state index contributed by atoms with van der Waals surface area (Å²) in [5.41, 5.74) is 3.35. The van der Waals surface area contributed by atoms with Crippen molar-refractivity contribution in [2.45, 2.75) is 12.5 Å². The monoisotopic (exact) mass is 323 g/mol. The molecule has 0 spiro atoms. The smallest absolute Gasteiger partial charge is 0.179 e. The van der Waals surface area contributed by atoms with Gasteiger partial charge in [0.05, 0.1) is 31.3 Å². The zero-order valence-electron chi connectivity index (χ0n) is 13.6. The summed E-state index contributed by atoms with van der Waals surface area (Å²) in [6, 6.07) is 8.93. The van der Waals surface area contributed by atoms with E-state index in [1.807, 2.05) is 11.2 Å². The Bertz CT molecular complexity index is 727. The van der Waals surface area contributed by atoms with Crippen LogP contribution in [-0.2, 0) is 4.74 Å². The third-order valence-corrected chi connectivity index (χ3v) is 4.87. The van der Waals surface area contributed by atoms with Crippen LogP contribution in [0.4, 0.5) is 5.69 Å². The maximum absolute atomic E-state index is 8.99. The van der Waals surface area contributed by atoms with E-state index < -0.39 is 0 Å². The molecule has 6 heteroatoms. The van der Waals surface area contributed by atoms with Crippen LogP contribution in [0.3, 0.4) is 0 Å². The van der Waals surface area contributed by atoms with Crippen LogP contribution in [0, 0.1) is 11.5 Å². The van der Waals surface area contributed by atoms with Gasteiger partial charge in [-0.05, 0) is 18.6 Å². The SMILES string of the molecule is N#CN1CCC(n2cnc(-c3ccc(N4CCOCC4)cc3)c2)C1. The second kappa shape index (κ2) is 6.54. The van der Waals surface area contributed by atoms with E-state index in [0.29, 0.717) is 6.04 Å². The number of imidazole rings is 1. The van der Waals surface area contributed by atoms with Gasteiger partial charge in [0.15, 0.2) is 6.19 Å². The number of rotatable bonds is 3. The summed E-state index contributed by atoms with van der Waals surface area (Å²) in [7, 11) is 0. The number of aromatic nitrogens is 2. The zero-order valence-corrected chi connectivity index (χ0v) is 13.6. The molecule has 2 saturated heterocycles. The van der Waals surface area contributed by atoms with Gasteiger partial charge in [0.25, 0.3) is 0 Å². The predicted octanol–water partition coefficient (Wildman–Crippen LogP) is 2.11. The molecule has 2 aliphatic rings. The number of likely N-dealkylation sites (tertiary alicyclic amines) is 1. The average molecular weight is 323 g/mol. The molecule has 3 heterocycles.